The molecule has 1 saturated carbocycles. The smallest absolute Gasteiger partial charge is 0.258 e. The average Bonchev–Trinajstić information content (AvgIpc) is 3.27. The number of amides is 1. The summed E-state index contributed by atoms with van der Waals surface area (Å²) in [6, 6.07) is 7.15. The largest absolute Gasteiger partial charge is 0.493 e. The van der Waals surface area contributed by atoms with Crippen molar-refractivity contribution in [3.8, 4) is 11.5 Å². The topological polar surface area (TPSA) is 67.8 Å². The van der Waals surface area contributed by atoms with Crippen LogP contribution in [0.4, 0.5) is 0 Å². The van der Waals surface area contributed by atoms with E-state index in [4.69, 9.17) is 9.47 Å². The predicted octanol–water partition coefficient (Wildman–Crippen LogP) is 0.961. The van der Waals surface area contributed by atoms with Crippen LogP contribution in [0.15, 0.2) is 24.3 Å². The molecule has 5 heteroatoms. The summed E-state index contributed by atoms with van der Waals surface area (Å²) in [5, 5.41) is 12.3. The standard InChI is InChI=1S/C14H19NO4/c1-18-12-4-2-3-5-13(12)19-9-14(17)15-8-11(16)10-6-7-10/h2-5,10-11,16H,6-9H2,1H3,(H,15,17). The molecule has 0 heterocycles. The molecule has 2 N–H and O–H groups in total. The van der Waals surface area contributed by atoms with Crippen LogP contribution in [-0.4, -0.2) is 37.4 Å². The number of aliphatic hydroxyl groups excluding tert-OH is 1. The zero-order valence-electron chi connectivity index (χ0n) is 11.0. The zero-order chi connectivity index (χ0) is 13.7. The third-order valence-electron chi connectivity index (χ3n) is 3.10. The van der Waals surface area contributed by atoms with Gasteiger partial charge in [-0.1, -0.05) is 12.1 Å². The third-order valence-corrected chi connectivity index (χ3v) is 3.10. The molecule has 0 radical (unpaired) electrons. The van der Waals surface area contributed by atoms with Crippen molar-refractivity contribution in [2.24, 2.45) is 5.92 Å². The van der Waals surface area contributed by atoms with Crippen molar-refractivity contribution < 1.29 is 19.4 Å². The highest BCUT2D eigenvalue weighted by Crippen LogP contribution is 2.32. The van der Waals surface area contributed by atoms with Crippen LogP contribution in [0, 0.1) is 5.92 Å². The van der Waals surface area contributed by atoms with Crippen LogP contribution in [0.3, 0.4) is 0 Å². The van der Waals surface area contributed by atoms with Crippen LogP contribution < -0.4 is 14.8 Å². The summed E-state index contributed by atoms with van der Waals surface area (Å²) in [5.74, 6) is 1.23. The lowest BCUT2D eigenvalue weighted by molar-refractivity contribution is -0.123. The molecule has 0 aliphatic heterocycles. The van der Waals surface area contributed by atoms with E-state index in [0.29, 0.717) is 24.0 Å². The number of methoxy groups -OCH3 is 1. The Kier molecular flexibility index (Phi) is 4.63. The Morgan fingerprint density at radius 1 is 1.42 bits per heavy atom. The minimum atomic E-state index is -0.435. The number of carbonyl (C=O) groups excluding carboxylic acids is 1. The van der Waals surface area contributed by atoms with Gasteiger partial charge in [-0.25, -0.2) is 0 Å². The van der Waals surface area contributed by atoms with E-state index < -0.39 is 6.10 Å². The summed E-state index contributed by atoms with van der Waals surface area (Å²) in [6.45, 7) is 0.205. The fourth-order valence-electron chi connectivity index (χ4n) is 1.80. The zero-order valence-corrected chi connectivity index (χ0v) is 11.0. The lowest BCUT2D eigenvalue weighted by Gasteiger charge is -2.12. The highest BCUT2D eigenvalue weighted by molar-refractivity contribution is 5.77. The maximum Gasteiger partial charge on any atom is 0.258 e. The summed E-state index contributed by atoms with van der Waals surface area (Å²) < 4.78 is 10.5. The van der Waals surface area contributed by atoms with Crippen molar-refractivity contribution in [1.82, 2.24) is 5.32 Å². The summed E-state index contributed by atoms with van der Waals surface area (Å²) in [4.78, 5) is 11.6. The van der Waals surface area contributed by atoms with E-state index >= 15 is 0 Å². The van der Waals surface area contributed by atoms with E-state index in [0.717, 1.165) is 12.8 Å². The first-order chi connectivity index (χ1) is 9.20. The number of hydrogen-bond acceptors (Lipinski definition) is 4. The number of ether oxygens (including phenoxy) is 2. The minimum Gasteiger partial charge on any atom is -0.493 e. The van der Waals surface area contributed by atoms with E-state index in [1.807, 2.05) is 12.1 Å². The van der Waals surface area contributed by atoms with Gasteiger partial charge in [-0.2, -0.15) is 0 Å². The second kappa shape index (κ2) is 6.43. The van der Waals surface area contributed by atoms with Gasteiger partial charge in [-0.05, 0) is 30.9 Å². The van der Waals surface area contributed by atoms with Crippen molar-refractivity contribution in [1.29, 1.82) is 0 Å². The summed E-state index contributed by atoms with van der Waals surface area (Å²) in [7, 11) is 1.55. The van der Waals surface area contributed by atoms with Crippen LogP contribution in [0.5, 0.6) is 11.5 Å². The number of nitrogens with one attached hydrogen (secondary N) is 1. The molecule has 0 spiro atoms. The Morgan fingerprint density at radius 3 is 2.74 bits per heavy atom. The Morgan fingerprint density at radius 2 is 2.11 bits per heavy atom. The molecule has 1 amide bonds. The first-order valence-corrected chi connectivity index (χ1v) is 6.41. The highest BCUT2D eigenvalue weighted by Gasteiger charge is 2.29. The number of para-hydroxylation sites is 2. The first kappa shape index (κ1) is 13.7. The van der Waals surface area contributed by atoms with Gasteiger partial charge in [0.25, 0.3) is 5.91 Å². The van der Waals surface area contributed by atoms with Crippen LogP contribution in [0.1, 0.15) is 12.8 Å². The molecule has 0 bridgehead atoms. The SMILES string of the molecule is COc1ccccc1OCC(=O)NCC(O)C1CC1. The number of aliphatic hydroxyl groups is 1. The quantitative estimate of drug-likeness (QED) is 0.770. The van der Waals surface area contributed by atoms with Gasteiger partial charge in [-0.15, -0.1) is 0 Å². The molecule has 1 aromatic carbocycles. The normalized spacial score (nSPS) is 15.7. The molecular formula is C14H19NO4. The molecule has 19 heavy (non-hydrogen) atoms. The van der Waals surface area contributed by atoms with Crippen molar-refractivity contribution in [3.63, 3.8) is 0 Å². The second-order valence-corrected chi connectivity index (χ2v) is 4.65. The van der Waals surface area contributed by atoms with Crippen LogP contribution in [0.2, 0.25) is 0 Å². The van der Waals surface area contributed by atoms with Crippen molar-refractivity contribution in [2.75, 3.05) is 20.3 Å². The van der Waals surface area contributed by atoms with Crippen LogP contribution in [-0.2, 0) is 4.79 Å². The van der Waals surface area contributed by atoms with Gasteiger partial charge in [0.1, 0.15) is 0 Å². The van der Waals surface area contributed by atoms with Gasteiger partial charge in [0.2, 0.25) is 0 Å². The van der Waals surface area contributed by atoms with Crippen LogP contribution >= 0.6 is 0 Å². The lowest BCUT2D eigenvalue weighted by Crippen LogP contribution is -2.36. The maximum atomic E-state index is 11.6. The minimum absolute atomic E-state index is 0.0856. The molecule has 1 atom stereocenters. The van der Waals surface area contributed by atoms with Crippen LogP contribution in [0.25, 0.3) is 0 Å². The molecule has 1 aliphatic rings. The summed E-state index contributed by atoms with van der Waals surface area (Å²) in [6.07, 6.45) is 1.67. The Bertz CT molecular complexity index is 431. The fraction of sp³-hybridized carbons (Fsp3) is 0.500. The molecular weight excluding hydrogens is 246 g/mol. The molecule has 1 aromatic rings. The molecule has 2 rings (SSSR count). The molecule has 1 aliphatic carbocycles. The van der Waals surface area contributed by atoms with E-state index in [2.05, 4.69) is 5.32 Å². The van der Waals surface area contributed by atoms with Crippen molar-refractivity contribution in [3.05, 3.63) is 24.3 Å². The Hall–Kier alpha value is -1.75. The van der Waals surface area contributed by atoms with Crippen molar-refractivity contribution >= 4 is 5.91 Å². The number of benzene rings is 1. The van der Waals surface area contributed by atoms with Crippen molar-refractivity contribution in [2.45, 2.75) is 18.9 Å². The van der Waals surface area contributed by atoms with Gasteiger partial charge >= 0.3 is 0 Å². The molecule has 0 saturated heterocycles. The van der Waals surface area contributed by atoms with Gasteiger partial charge in [0.05, 0.1) is 13.2 Å². The third kappa shape index (κ3) is 4.13. The maximum absolute atomic E-state index is 11.6. The van der Waals surface area contributed by atoms with Gasteiger partial charge in [0, 0.05) is 6.54 Å². The molecule has 5 nitrogen and oxygen atoms in total. The Balaban J connectivity index is 1.73. The van der Waals surface area contributed by atoms with Gasteiger partial charge in [-0.3, -0.25) is 4.79 Å². The van der Waals surface area contributed by atoms with Gasteiger partial charge < -0.3 is 19.9 Å². The summed E-state index contributed by atoms with van der Waals surface area (Å²) in [5.41, 5.74) is 0. The lowest BCUT2D eigenvalue weighted by atomic mass is 10.2. The summed E-state index contributed by atoms with van der Waals surface area (Å²) >= 11 is 0. The molecule has 104 valence electrons. The second-order valence-electron chi connectivity index (χ2n) is 4.65. The molecule has 1 fully saturated rings. The van der Waals surface area contributed by atoms with E-state index in [9.17, 15) is 9.90 Å². The highest BCUT2D eigenvalue weighted by atomic mass is 16.5. The fourth-order valence-corrected chi connectivity index (χ4v) is 1.80. The first-order valence-electron chi connectivity index (χ1n) is 6.41. The molecule has 0 aromatic heterocycles. The number of carbonyl (C=O) groups is 1. The van der Waals surface area contributed by atoms with Gasteiger partial charge in [0.15, 0.2) is 18.1 Å². The monoisotopic (exact) mass is 265 g/mol. The Labute approximate surface area is 112 Å². The van der Waals surface area contributed by atoms with E-state index in [1.165, 1.54) is 0 Å². The number of rotatable bonds is 7. The predicted molar refractivity (Wildman–Crippen MR) is 70.2 cm³/mol. The number of hydrogen-bond donors (Lipinski definition) is 2. The molecule has 1 unspecified atom stereocenters. The van der Waals surface area contributed by atoms with E-state index in [1.54, 1.807) is 19.2 Å². The van der Waals surface area contributed by atoms with E-state index in [-0.39, 0.29) is 12.5 Å². The average molecular weight is 265 g/mol.